The van der Waals surface area contributed by atoms with Crippen molar-refractivity contribution in [3.8, 4) is 0 Å². The molecule has 2 N–H and O–H groups in total. The maximum absolute atomic E-state index is 11.8. The van der Waals surface area contributed by atoms with Crippen LogP contribution in [-0.4, -0.2) is 49.4 Å². The molecule has 0 aromatic carbocycles. The van der Waals surface area contributed by atoms with Gasteiger partial charge in [-0.25, -0.2) is 0 Å². The summed E-state index contributed by atoms with van der Waals surface area (Å²) in [5.74, 6) is 0.00768. The monoisotopic (exact) mass is 293 g/mol. The number of rotatable bonds is 8. The number of nitrogens with zero attached hydrogens (tertiary/aromatic N) is 1. The smallest absolute Gasteiger partial charge is 0.234 e. The van der Waals surface area contributed by atoms with Crippen LogP contribution in [0.15, 0.2) is 11.6 Å². The second-order valence-electron chi connectivity index (χ2n) is 6.22. The predicted molar refractivity (Wildman–Crippen MR) is 82.8 cm³/mol. The van der Waals surface area contributed by atoms with Crippen molar-refractivity contribution in [3.05, 3.63) is 11.6 Å². The first kappa shape index (κ1) is 16.0. The Hall–Kier alpha value is -1.36. The summed E-state index contributed by atoms with van der Waals surface area (Å²) in [6, 6.07) is 0.378. The molecule has 2 rings (SSSR count). The van der Waals surface area contributed by atoms with Crippen molar-refractivity contribution >= 4 is 11.8 Å². The van der Waals surface area contributed by atoms with Gasteiger partial charge in [0.25, 0.3) is 0 Å². The molecular weight excluding hydrogens is 266 g/mol. The van der Waals surface area contributed by atoms with E-state index in [9.17, 15) is 9.59 Å². The van der Waals surface area contributed by atoms with Crippen LogP contribution in [-0.2, 0) is 9.59 Å². The van der Waals surface area contributed by atoms with Crippen LogP contribution in [0.5, 0.6) is 0 Å². The maximum atomic E-state index is 11.8. The zero-order chi connectivity index (χ0) is 15.1. The molecule has 0 saturated heterocycles. The molecule has 0 radical (unpaired) electrons. The molecule has 2 aliphatic carbocycles. The van der Waals surface area contributed by atoms with Gasteiger partial charge in [0.05, 0.1) is 13.1 Å². The fourth-order valence-corrected chi connectivity index (χ4v) is 2.60. The quantitative estimate of drug-likeness (QED) is 0.661. The highest BCUT2D eigenvalue weighted by molar-refractivity contribution is 5.81. The van der Waals surface area contributed by atoms with Crippen LogP contribution in [0.1, 0.15) is 44.9 Å². The van der Waals surface area contributed by atoms with Gasteiger partial charge in [-0.15, -0.1) is 0 Å². The fourth-order valence-electron chi connectivity index (χ4n) is 2.60. The Kier molecular flexibility index (Phi) is 6.23. The first-order chi connectivity index (χ1) is 10.1. The molecule has 2 amide bonds. The molecule has 118 valence electrons. The third-order valence-electron chi connectivity index (χ3n) is 3.92. The SMILES string of the molecule is CN(CC(=O)NCCC1=CCCCC1)CC(=O)NC1CC1. The van der Waals surface area contributed by atoms with Gasteiger partial charge in [0.2, 0.25) is 11.8 Å². The van der Waals surface area contributed by atoms with Gasteiger partial charge in [-0.1, -0.05) is 11.6 Å². The van der Waals surface area contributed by atoms with Gasteiger partial charge in [0, 0.05) is 12.6 Å². The zero-order valence-electron chi connectivity index (χ0n) is 13.0. The Morgan fingerprint density at radius 3 is 2.67 bits per heavy atom. The van der Waals surface area contributed by atoms with Crippen LogP contribution >= 0.6 is 0 Å². The van der Waals surface area contributed by atoms with Gasteiger partial charge < -0.3 is 10.6 Å². The normalized spacial score (nSPS) is 18.3. The number of carbonyl (C=O) groups is 2. The number of likely N-dealkylation sites (N-methyl/N-ethyl adjacent to an activating group) is 1. The van der Waals surface area contributed by atoms with Crippen LogP contribution in [0.2, 0.25) is 0 Å². The van der Waals surface area contributed by atoms with E-state index in [0.29, 0.717) is 12.6 Å². The molecular formula is C16H27N3O2. The van der Waals surface area contributed by atoms with E-state index >= 15 is 0 Å². The first-order valence-electron chi connectivity index (χ1n) is 8.06. The van der Waals surface area contributed by atoms with Crippen LogP contribution in [0.3, 0.4) is 0 Å². The number of amides is 2. The van der Waals surface area contributed by atoms with Crippen molar-refractivity contribution in [2.75, 3.05) is 26.7 Å². The van der Waals surface area contributed by atoms with E-state index in [-0.39, 0.29) is 24.9 Å². The number of hydrogen-bond donors (Lipinski definition) is 2. The molecule has 0 unspecified atom stereocenters. The Morgan fingerprint density at radius 1 is 1.24 bits per heavy atom. The third-order valence-corrected chi connectivity index (χ3v) is 3.92. The summed E-state index contributed by atoms with van der Waals surface area (Å²) in [4.78, 5) is 25.2. The fraction of sp³-hybridized carbons (Fsp3) is 0.750. The largest absolute Gasteiger partial charge is 0.355 e. The van der Waals surface area contributed by atoms with E-state index in [2.05, 4.69) is 16.7 Å². The summed E-state index contributed by atoms with van der Waals surface area (Å²) in [7, 11) is 1.80. The Bertz CT molecular complexity index is 402. The van der Waals surface area contributed by atoms with Crippen molar-refractivity contribution in [1.82, 2.24) is 15.5 Å². The molecule has 0 heterocycles. The second kappa shape index (κ2) is 8.17. The standard InChI is InChI=1S/C16H27N3O2/c1-19(12-16(21)18-14-7-8-14)11-15(20)17-10-9-13-5-3-2-4-6-13/h5,14H,2-4,6-12H2,1H3,(H,17,20)(H,18,21). The van der Waals surface area contributed by atoms with Crippen molar-refractivity contribution in [1.29, 1.82) is 0 Å². The molecule has 2 aliphatic rings. The van der Waals surface area contributed by atoms with E-state index in [1.54, 1.807) is 11.9 Å². The molecule has 0 aromatic rings. The lowest BCUT2D eigenvalue weighted by molar-refractivity contribution is -0.124. The number of allylic oxidation sites excluding steroid dienone is 1. The van der Waals surface area contributed by atoms with E-state index in [0.717, 1.165) is 19.3 Å². The molecule has 0 bridgehead atoms. The molecule has 5 heteroatoms. The summed E-state index contributed by atoms with van der Waals surface area (Å²) in [6.07, 6.45) is 10.4. The van der Waals surface area contributed by atoms with E-state index in [1.807, 2.05) is 0 Å². The lowest BCUT2D eigenvalue weighted by atomic mass is 9.97. The summed E-state index contributed by atoms with van der Waals surface area (Å²) < 4.78 is 0. The van der Waals surface area contributed by atoms with Crippen molar-refractivity contribution in [2.24, 2.45) is 0 Å². The molecule has 5 nitrogen and oxygen atoms in total. The Morgan fingerprint density at radius 2 is 2.00 bits per heavy atom. The van der Waals surface area contributed by atoms with Gasteiger partial charge in [0.1, 0.15) is 0 Å². The summed E-state index contributed by atoms with van der Waals surface area (Å²) in [6.45, 7) is 1.26. The summed E-state index contributed by atoms with van der Waals surface area (Å²) in [5, 5.41) is 5.86. The molecule has 0 aromatic heterocycles. The highest BCUT2D eigenvalue weighted by atomic mass is 16.2. The average Bonchev–Trinajstić information content (AvgIpc) is 3.23. The highest BCUT2D eigenvalue weighted by Gasteiger charge is 2.23. The average molecular weight is 293 g/mol. The van der Waals surface area contributed by atoms with Crippen LogP contribution < -0.4 is 10.6 Å². The summed E-state index contributed by atoms with van der Waals surface area (Å²) in [5.41, 5.74) is 1.47. The number of carbonyl (C=O) groups excluding carboxylic acids is 2. The highest BCUT2D eigenvalue weighted by Crippen LogP contribution is 2.19. The molecule has 0 aliphatic heterocycles. The van der Waals surface area contributed by atoms with Crippen LogP contribution in [0.25, 0.3) is 0 Å². The Labute approximate surface area is 127 Å². The van der Waals surface area contributed by atoms with Gasteiger partial charge in [0.15, 0.2) is 0 Å². The predicted octanol–water partition coefficient (Wildman–Crippen LogP) is 1.20. The zero-order valence-corrected chi connectivity index (χ0v) is 13.0. The van der Waals surface area contributed by atoms with Gasteiger partial charge in [-0.3, -0.25) is 14.5 Å². The van der Waals surface area contributed by atoms with Crippen molar-refractivity contribution < 1.29 is 9.59 Å². The number of hydrogen-bond acceptors (Lipinski definition) is 3. The molecule has 1 fully saturated rings. The minimum Gasteiger partial charge on any atom is -0.355 e. The van der Waals surface area contributed by atoms with Crippen LogP contribution in [0, 0.1) is 0 Å². The van der Waals surface area contributed by atoms with E-state index in [4.69, 9.17) is 0 Å². The minimum atomic E-state index is -0.00636. The van der Waals surface area contributed by atoms with E-state index < -0.39 is 0 Å². The molecule has 1 saturated carbocycles. The van der Waals surface area contributed by atoms with Crippen molar-refractivity contribution in [3.63, 3.8) is 0 Å². The Balaban J connectivity index is 1.55. The topological polar surface area (TPSA) is 61.4 Å². The molecule has 0 atom stereocenters. The van der Waals surface area contributed by atoms with Gasteiger partial charge >= 0.3 is 0 Å². The minimum absolute atomic E-state index is 0.00636. The van der Waals surface area contributed by atoms with E-state index in [1.165, 1.54) is 31.3 Å². The second-order valence-corrected chi connectivity index (χ2v) is 6.22. The van der Waals surface area contributed by atoms with Crippen molar-refractivity contribution in [2.45, 2.75) is 51.0 Å². The molecule has 0 spiro atoms. The summed E-state index contributed by atoms with van der Waals surface area (Å²) >= 11 is 0. The maximum Gasteiger partial charge on any atom is 0.234 e. The lowest BCUT2D eigenvalue weighted by Gasteiger charge is -2.16. The first-order valence-corrected chi connectivity index (χ1v) is 8.06. The lowest BCUT2D eigenvalue weighted by Crippen LogP contribution is -2.41. The third kappa shape index (κ3) is 6.76. The van der Waals surface area contributed by atoms with Gasteiger partial charge in [-0.05, 0) is 52.0 Å². The van der Waals surface area contributed by atoms with Gasteiger partial charge in [-0.2, -0.15) is 0 Å². The van der Waals surface area contributed by atoms with Crippen LogP contribution in [0.4, 0.5) is 0 Å². The molecule has 21 heavy (non-hydrogen) atoms. The number of nitrogens with one attached hydrogen (secondary N) is 2.